The van der Waals surface area contributed by atoms with Crippen molar-refractivity contribution in [3.05, 3.63) is 12.2 Å². The van der Waals surface area contributed by atoms with Gasteiger partial charge in [0.15, 0.2) is 0 Å². The van der Waals surface area contributed by atoms with Crippen LogP contribution >= 0.6 is 0 Å². The Morgan fingerprint density at radius 3 is 2.62 bits per heavy atom. The first-order valence-corrected chi connectivity index (χ1v) is 5.03. The Balaban J connectivity index is 2.06. The van der Waals surface area contributed by atoms with Crippen LogP contribution in [0.2, 0.25) is 0 Å². The zero-order valence-corrected chi connectivity index (χ0v) is 8.34. The van der Waals surface area contributed by atoms with Crippen molar-refractivity contribution in [2.24, 2.45) is 5.92 Å². The Morgan fingerprint density at radius 2 is 2.08 bits per heavy atom. The van der Waals surface area contributed by atoms with Gasteiger partial charge in [-0.05, 0) is 19.3 Å². The summed E-state index contributed by atoms with van der Waals surface area (Å²) in [5.74, 6) is 0.538. The SMILES string of the molecule is C=C(C)C(=O)OCCC1CCCC1. The highest BCUT2D eigenvalue weighted by molar-refractivity contribution is 5.86. The largest absolute Gasteiger partial charge is 0.462 e. The lowest BCUT2D eigenvalue weighted by molar-refractivity contribution is -0.139. The molecule has 0 amide bonds. The number of ether oxygens (including phenoxy) is 1. The zero-order chi connectivity index (χ0) is 9.68. The standard InChI is InChI=1S/C11H18O2/c1-9(2)11(12)13-8-7-10-5-3-4-6-10/h10H,1,3-8H2,2H3. The van der Waals surface area contributed by atoms with E-state index in [2.05, 4.69) is 6.58 Å². The third kappa shape index (κ3) is 3.62. The zero-order valence-electron chi connectivity index (χ0n) is 8.34. The predicted octanol–water partition coefficient (Wildman–Crippen LogP) is 2.69. The topological polar surface area (TPSA) is 26.3 Å². The molecule has 2 nitrogen and oxygen atoms in total. The summed E-state index contributed by atoms with van der Waals surface area (Å²) in [6.07, 6.45) is 6.34. The van der Waals surface area contributed by atoms with Crippen LogP contribution in [-0.4, -0.2) is 12.6 Å². The van der Waals surface area contributed by atoms with Gasteiger partial charge in [-0.15, -0.1) is 0 Å². The average Bonchev–Trinajstić information content (AvgIpc) is 2.56. The summed E-state index contributed by atoms with van der Waals surface area (Å²) in [5.41, 5.74) is 0.492. The van der Waals surface area contributed by atoms with Gasteiger partial charge in [0.2, 0.25) is 0 Å². The van der Waals surface area contributed by atoms with Crippen LogP contribution in [0.1, 0.15) is 39.0 Å². The first-order valence-electron chi connectivity index (χ1n) is 5.03. The van der Waals surface area contributed by atoms with Crippen molar-refractivity contribution in [1.82, 2.24) is 0 Å². The van der Waals surface area contributed by atoms with Crippen LogP contribution in [0, 0.1) is 5.92 Å². The summed E-state index contributed by atoms with van der Waals surface area (Å²) in [6.45, 7) is 5.78. The van der Waals surface area contributed by atoms with E-state index < -0.39 is 0 Å². The molecular weight excluding hydrogens is 164 g/mol. The monoisotopic (exact) mass is 182 g/mol. The van der Waals surface area contributed by atoms with Gasteiger partial charge in [-0.1, -0.05) is 32.3 Å². The van der Waals surface area contributed by atoms with E-state index in [0.29, 0.717) is 12.2 Å². The maximum absolute atomic E-state index is 11.0. The molecule has 0 aromatic heterocycles. The Kier molecular flexibility index (Phi) is 4.00. The van der Waals surface area contributed by atoms with Crippen molar-refractivity contribution in [3.8, 4) is 0 Å². The smallest absolute Gasteiger partial charge is 0.333 e. The molecule has 2 heteroatoms. The van der Waals surface area contributed by atoms with Crippen molar-refractivity contribution in [2.75, 3.05) is 6.61 Å². The molecular formula is C11H18O2. The summed E-state index contributed by atoms with van der Waals surface area (Å²) in [5, 5.41) is 0. The van der Waals surface area contributed by atoms with Crippen LogP contribution in [0.5, 0.6) is 0 Å². The minimum Gasteiger partial charge on any atom is -0.462 e. The fourth-order valence-electron chi connectivity index (χ4n) is 1.74. The van der Waals surface area contributed by atoms with Gasteiger partial charge in [-0.3, -0.25) is 0 Å². The van der Waals surface area contributed by atoms with Crippen LogP contribution < -0.4 is 0 Å². The van der Waals surface area contributed by atoms with E-state index in [-0.39, 0.29) is 5.97 Å². The molecule has 0 bridgehead atoms. The normalized spacial score (nSPS) is 17.3. The molecule has 1 fully saturated rings. The van der Waals surface area contributed by atoms with Crippen molar-refractivity contribution >= 4 is 5.97 Å². The van der Waals surface area contributed by atoms with E-state index in [1.165, 1.54) is 25.7 Å². The van der Waals surface area contributed by atoms with Crippen molar-refractivity contribution in [1.29, 1.82) is 0 Å². The molecule has 0 radical (unpaired) electrons. The molecule has 0 N–H and O–H groups in total. The molecule has 1 rings (SSSR count). The highest BCUT2D eigenvalue weighted by Gasteiger charge is 2.15. The summed E-state index contributed by atoms with van der Waals surface area (Å²) in [4.78, 5) is 11.0. The quantitative estimate of drug-likeness (QED) is 0.493. The van der Waals surface area contributed by atoms with E-state index >= 15 is 0 Å². The number of hydrogen-bond acceptors (Lipinski definition) is 2. The lowest BCUT2D eigenvalue weighted by Crippen LogP contribution is -2.08. The lowest BCUT2D eigenvalue weighted by atomic mass is 10.1. The number of rotatable bonds is 4. The maximum Gasteiger partial charge on any atom is 0.333 e. The number of carbonyl (C=O) groups excluding carboxylic acids is 1. The summed E-state index contributed by atoms with van der Waals surface area (Å²) in [7, 11) is 0. The lowest BCUT2D eigenvalue weighted by Gasteiger charge is -2.08. The van der Waals surface area contributed by atoms with Gasteiger partial charge in [0, 0.05) is 5.57 Å². The molecule has 0 aromatic rings. The second kappa shape index (κ2) is 5.05. The van der Waals surface area contributed by atoms with Gasteiger partial charge in [0.25, 0.3) is 0 Å². The third-order valence-electron chi connectivity index (χ3n) is 2.58. The van der Waals surface area contributed by atoms with E-state index in [4.69, 9.17) is 4.74 Å². The fraction of sp³-hybridized carbons (Fsp3) is 0.727. The highest BCUT2D eigenvalue weighted by Crippen LogP contribution is 2.27. The first-order chi connectivity index (χ1) is 6.20. The Bertz CT molecular complexity index is 190. The molecule has 1 saturated carbocycles. The van der Waals surface area contributed by atoms with Gasteiger partial charge in [0.05, 0.1) is 6.61 Å². The Labute approximate surface area is 80.0 Å². The first kappa shape index (κ1) is 10.3. The van der Waals surface area contributed by atoms with E-state index in [9.17, 15) is 4.79 Å². The fourth-order valence-corrected chi connectivity index (χ4v) is 1.74. The second-order valence-electron chi connectivity index (χ2n) is 3.86. The molecule has 74 valence electrons. The minimum absolute atomic E-state index is 0.252. The molecule has 1 aliphatic rings. The van der Waals surface area contributed by atoms with Gasteiger partial charge in [0.1, 0.15) is 0 Å². The molecule has 0 aliphatic heterocycles. The average molecular weight is 182 g/mol. The van der Waals surface area contributed by atoms with E-state index in [1.807, 2.05) is 0 Å². The third-order valence-corrected chi connectivity index (χ3v) is 2.58. The van der Waals surface area contributed by atoms with Crippen LogP contribution in [0.3, 0.4) is 0 Å². The Morgan fingerprint density at radius 1 is 1.46 bits per heavy atom. The van der Waals surface area contributed by atoms with Crippen molar-refractivity contribution < 1.29 is 9.53 Å². The van der Waals surface area contributed by atoms with Gasteiger partial charge < -0.3 is 4.74 Å². The minimum atomic E-state index is -0.252. The second-order valence-corrected chi connectivity index (χ2v) is 3.86. The van der Waals surface area contributed by atoms with Crippen LogP contribution in [-0.2, 0) is 9.53 Å². The molecule has 0 aromatic carbocycles. The molecule has 0 saturated heterocycles. The van der Waals surface area contributed by atoms with E-state index in [0.717, 1.165) is 12.3 Å². The molecule has 0 heterocycles. The van der Waals surface area contributed by atoms with Crippen LogP contribution in [0.15, 0.2) is 12.2 Å². The molecule has 0 atom stereocenters. The number of esters is 1. The van der Waals surface area contributed by atoms with Crippen LogP contribution in [0.25, 0.3) is 0 Å². The summed E-state index contributed by atoms with van der Waals surface area (Å²) in [6, 6.07) is 0. The number of carbonyl (C=O) groups is 1. The summed E-state index contributed by atoms with van der Waals surface area (Å²) < 4.78 is 5.03. The molecule has 0 spiro atoms. The molecule has 0 unspecified atom stereocenters. The molecule has 1 aliphatic carbocycles. The van der Waals surface area contributed by atoms with Crippen LogP contribution in [0.4, 0.5) is 0 Å². The highest BCUT2D eigenvalue weighted by atomic mass is 16.5. The van der Waals surface area contributed by atoms with Crippen molar-refractivity contribution in [3.63, 3.8) is 0 Å². The van der Waals surface area contributed by atoms with Gasteiger partial charge >= 0.3 is 5.97 Å². The van der Waals surface area contributed by atoms with E-state index in [1.54, 1.807) is 6.92 Å². The Hall–Kier alpha value is -0.790. The maximum atomic E-state index is 11.0. The summed E-state index contributed by atoms with van der Waals surface area (Å²) >= 11 is 0. The number of hydrogen-bond donors (Lipinski definition) is 0. The van der Waals surface area contributed by atoms with Gasteiger partial charge in [-0.25, -0.2) is 4.79 Å². The van der Waals surface area contributed by atoms with Gasteiger partial charge in [-0.2, -0.15) is 0 Å². The molecule has 13 heavy (non-hydrogen) atoms. The predicted molar refractivity (Wildman–Crippen MR) is 52.3 cm³/mol. The van der Waals surface area contributed by atoms with Crippen molar-refractivity contribution in [2.45, 2.75) is 39.0 Å².